The molecule has 0 atom stereocenters. The smallest absolute Gasteiger partial charge is 0.231 e. The van der Waals surface area contributed by atoms with Crippen LogP contribution in [0.1, 0.15) is 44.1 Å². The zero-order valence-electron chi connectivity index (χ0n) is 17.6. The summed E-state index contributed by atoms with van der Waals surface area (Å²) < 4.78 is 6.54. The number of carbonyl (C=O) groups excluding carboxylic acids is 1. The number of nitrogens with zero attached hydrogens (tertiary/aromatic N) is 3. The van der Waals surface area contributed by atoms with Crippen molar-refractivity contribution in [1.29, 1.82) is 0 Å². The van der Waals surface area contributed by atoms with Crippen LogP contribution in [-0.2, 0) is 9.53 Å². The number of anilines is 1. The third-order valence-corrected chi connectivity index (χ3v) is 7.60. The summed E-state index contributed by atoms with van der Waals surface area (Å²) in [6.07, 6.45) is 6.54. The van der Waals surface area contributed by atoms with E-state index in [0.29, 0.717) is 0 Å². The topological polar surface area (TPSA) is 45.7 Å². The molecule has 1 saturated carbocycles. The van der Waals surface area contributed by atoms with Crippen molar-refractivity contribution in [1.82, 2.24) is 9.88 Å². The van der Waals surface area contributed by atoms with Crippen LogP contribution < -0.4 is 4.90 Å². The number of aryl methyl sites for hydroxylation is 1. The Morgan fingerprint density at radius 3 is 2.73 bits per heavy atom. The molecule has 4 rings (SSSR count). The van der Waals surface area contributed by atoms with Crippen molar-refractivity contribution in [3.63, 3.8) is 0 Å². The van der Waals surface area contributed by atoms with Gasteiger partial charge in [0.25, 0.3) is 0 Å². The van der Waals surface area contributed by atoms with Crippen molar-refractivity contribution in [3.8, 4) is 0 Å². The fraction of sp³-hybridized carbons (Fsp3) is 0.636. The minimum absolute atomic E-state index is 0. The average Bonchev–Trinajstić information content (AvgIpc) is 3.19. The quantitative estimate of drug-likeness (QED) is 0.571. The molecule has 0 N–H and O–H groups in total. The molecule has 30 heavy (non-hydrogen) atoms. The van der Waals surface area contributed by atoms with E-state index in [1.165, 1.54) is 6.42 Å². The Hall–Kier alpha value is -0.920. The van der Waals surface area contributed by atoms with E-state index in [1.54, 1.807) is 11.3 Å². The number of rotatable bonds is 6. The number of halogens is 2. The molecule has 2 heterocycles. The van der Waals surface area contributed by atoms with Crippen LogP contribution in [0.2, 0.25) is 5.02 Å². The third kappa shape index (κ3) is 5.46. The highest BCUT2D eigenvalue weighted by Crippen LogP contribution is 2.35. The lowest BCUT2D eigenvalue weighted by molar-refractivity contribution is -0.123. The molecule has 1 amide bonds. The van der Waals surface area contributed by atoms with Crippen molar-refractivity contribution in [3.05, 3.63) is 22.7 Å². The largest absolute Gasteiger partial charge is 0.379 e. The fourth-order valence-electron chi connectivity index (χ4n) is 4.35. The zero-order chi connectivity index (χ0) is 20.2. The minimum atomic E-state index is 0. The molecule has 0 bridgehead atoms. The van der Waals surface area contributed by atoms with E-state index < -0.39 is 0 Å². The van der Waals surface area contributed by atoms with Crippen LogP contribution in [0.5, 0.6) is 0 Å². The fourth-order valence-corrected chi connectivity index (χ4v) is 5.56. The van der Waals surface area contributed by atoms with E-state index in [0.717, 1.165) is 97.4 Å². The van der Waals surface area contributed by atoms with E-state index in [1.807, 2.05) is 24.0 Å². The monoisotopic (exact) mass is 471 g/mol. The SMILES string of the molecule is Cc1c(Cl)ccc2sc(N(CCCN3CCOCC3)C(=O)C3CCCCC3)nc12.Cl. The number of amides is 1. The molecule has 8 heteroatoms. The van der Waals surface area contributed by atoms with Gasteiger partial charge in [0.15, 0.2) is 5.13 Å². The van der Waals surface area contributed by atoms with E-state index >= 15 is 0 Å². The Morgan fingerprint density at radius 2 is 2.00 bits per heavy atom. The summed E-state index contributed by atoms with van der Waals surface area (Å²) in [5, 5.41) is 1.55. The predicted molar refractivity (Wildman–Crippen MR) is 127 cm³/mol. The van der Waals surface area contributed by atoms with Crippen LogP contribution in [0.4, 0.5) is 5.13 Å². The highest BCUT2D eigenvalue weighted by molar-refractivity contribution is 7.22. The van der Waals surface area contributed by atoms with Gasteiger partial charge in [-0.15, -0.1) is 12.4 Å². The number of ether oxygens (including phenoxy) is 1. The summed E-state index contributed by atoms with van der Waals surface area (Å²) >= 11 is 7.91. The van der Waals surface area contributed by atoms with Crippen molar-refractivity contribution < 1.29 is 9.53 Å². The second-order valence-corrected chi connectivity index (χ2v) is 9.56. The number of hydrogen-bond donors (Lipinski definition) is 0. The van der Waals surface area contributed by atoms with Crippen molar-refractivity contribution in [2.75, 3.05) is 44.3 Å². The lowest BCUT2D eigenvalue weighted by Gasteiger charge is -2.30. The maximum absolute atomic E-state index is 13.4. The van der Waals surface area contributed by atoms with Gasteiger partial charge in [0.1, 0.15) is 0 Å². The highest BCUT2D eigenvalue weighted by Gasteiger charge is 2.29. The molecule has 2 fully saturated rings. The van der Waals surface area contributed by atoms with Crippen molar-refractivity contribution >= 4 is 56.6 Å². The molecule has 1 aliphatic carbocycles. The number of hydrogen-bond acceptors (Lipinski definition) is 5. The van der Waals surface area contributed by atoms with Gasteiger partial charge in [0, 0.05) is 37.1 Å². The summed E-state index contributed by atoms with van der Waals surface area (Å²) in [5.74, 6) is 0.401. The molecule has 1 aromatic carbocycles. The van der Waals surface area contributed by atoms with Gasteiger partial charge in [0.05, 0.1) is 23.4 Å². The summed E-state index contributed by atoms with van der Waals surface area (Å²) in [4.78, 5) is 22.7. The maximum atomic E-state index is 13.4. The van der Waals surface area contributed by atoms with Crippen LogP contribution in [0, 0.1) is 12.8 Å². The Balaban J connectivity index is 0.00000256. The predicted octanol–water partition coefficient (Wildman–Crippen LogP) is 5.32. The third-order valence-electron chi connectivity index (χ3n) is 6.15. The number of thiazole rings is 1. The van der Waals surface area contributed by atoms with E-state index in [-0.39, 0.29) is 24.2 Å². The normalized spacial score (nSPS) is 18.3. The van der Waals surface area contributed by atoms with Crippen LogP contribution in [-0.4, -0.2) is 55.2 Å². The molecule has 166 valence electrons. The number of morpholine rings is 1. The first-order chi connectivity index (χ1) is 14.1. The maximum Gasteiger partial charge on any atom is 0.231 e. The van der Waals surface area contributed by atoms with Gasteiger partial charge in [-0.25, -0.2) is 4.98 Å². The number of fused-ring (bicyclic) bond motifs is 1. The number of carbonyl (C=O) groups is 1. The molecule has 2 aliphatic rings. The first kappa shape index (κ1) is 23.7. The van der Waals surface area contributed by atoms with E-state index in [4.69, 9.17) is 21.3 Å². The highest BCUT2D eigenvalue weighted by atomic mass is 35.5. The molecule has 0 unspecified atom stereocenters. The molecule has 5 nitrogen and oxygen atoms in total. The van der Waals surface area contributed by atoms with Gasteiger partial charge in [-0.2, -0.15) is 0 Å². The Labute approximate surface area is 194 Å². The molecule has 0 radical (unpaired) electrons. The molecular weight excluding hydrogens is 441 g/mol. The van der Waals surface area contributed by atoms with E-state index in [2.05, 4.69) is 4.90 Å². The Morgan fingerprint density at radius 1 is 1.27 bits per heavy atom. The van der Waals surface area contributed by atoms with Gasteiger partial charge in [-0.05, 0) is 43.9 Å². The Bertz CT molecular complexity index is 848. The number of aromatic nitrogens is 1. The second kappa shape index (κ2) is 11.1. The summed E-state index contributed by atoms with van der Waals surface area (Å²) in [7, 11) is 0. The molecular formula is C22H31Cl2N3O2S. The summed E-state index contributed by atoms with van der Waals surface area (Å²) in [6.45, 7) is 7.29. The first-order valence-electron chi connectivity index (χ1n) is 10.8. The summed E-state index contributed by atoms with van der Waals surface area (Å²) in [6, 6.07) is 3.94. The summed E-state index contributed by atoms with van der Waals surface area (Å²) in [5.41, 5.74) is 1.91. The van der Waals surface area contributed by atoms with Gasteiger partial charge in [-0.3, -0.25) is 14.6 Å². The second-order valence-electron chi connectivity index (χ2n) is 8.15. The zero-order valence-corrected chi connectivity index (χ0v) is 20.0. The molecule has 2 aromatic rings. The van der Waals surface area contributed by atoms with E-state index in [9.17, 15) is 4.79 Å². The average molecular weight is 472 g/mol. The first-order valence-corrected chi connectivity index (χ1v) is 12.0. The Kier molecular flexibility index (Phi) is 8.78. The lowest BCUT2D eigenvalue weighted by atomic mass is 9.88. The van der Waals surface area contributed by atoms with Gasteiger partial charge >= 0.3 is 0 Å². The van der Waals surface area contributed by atoms with Crippen LogP contribution in [0.3, 0.4) is 0 Å². The molecule has 1 saturated heterocycles. The molecule has 0 spiro atoms. The van der Waals surface area contributed by atoms with Gasteiger partial charge < -0.3 is 4.74 Å². The van der Waals surface area contributed by atoms with Crippen LogP contribution >= 0.6 is 35.3 Å². The standard InChI is InChI=1S/C22H30ClN3O2S.ClH/c1-16-18(23)8-9-19-20(16)24-22(29-19)26(21(27)17-6-3-2-4-7-17)11-5-10-25-12-14-28-15-13-25;/h8-9,17H,2-7,10-15H2,1H3;1H. The number of benzene rings is 1. The lowest BCUT2D eigenvalue weighted by Crippen LogP contribution is -2.41. The van der Waals surface area contributed by atoms with Crippen molar-refractivity contribution in [2.24, 2.45) is 5.92 Å². The van der Waals surface area contributed by atoms with Gasteiger partial charge in [0.2, 0.25) is 5.91 Å². The molecule has 1 aliphatic heterocycles. The van der Waals surface area contributed by atoms with Crippen LogP contribution in [0.25, 0.3) is 10.2 Å². The van der Waals surface area contributed by atoms with Gasteiger partial charge in [-0.1, -0.05) is 42.2 Å². The minimum Gasteiger partial charge on any atom is -0.379 e. The van der Waals surface area contributed by atoms with Crippen molar-refractivity contribution in [2.45, 2.75) is 45.4 Å². The van der Waals surface area contributed by atoms with Crippen LogP contribution in [0.15, 0.2) is 12.1 Å². The molecule has 1 aromatic heterocycles.